The molecule has 1 aliphatic carbocycles. The predicted octanol–water partition coefficient (Wildman–Crippen LogP) is 1.44. The number of hydrogen-bond acceptors (Lipinski definition) is 5. The van der Waals surface area contributed by atoms with E-state index >= 15 is 0 Å². The summed E-state index contributed by atoms with van der Waals surface area (Å²) in [4.78, 5) is 49.8. The molecule has 2 saturated heterocycles. The Bertz CT molecular complexity index is 915. The van der Waals surface area contributed by atoms with Gasteiger partial charge in [0.1, 0.15) is 5.82 Å². The Morgan fingerprint density at radius 3 is 2.42 bits per heavy atom. The first-order chi connectivity index (χ1) is 15.0. The number of hydrogen-bond donors (Lipinski definition) is 1. The number of carbonyl (C=O) groups is 2. The van der Waals surface area contributed by atoms with Crippen LogP contribution in [0.15, 0.2) is 4.79 Å². The van der Waals surface area contributed by atoms with Crippen LogP contribution in [0, 0.1) is 17.8 Å². The minimum atomic E-state index is -0.116. The summed E-state index contributed by atoms with van der Waals surface area (Å²) in [6, 6.07) is 0. The highest BCUT2D eigenvalue weighted by Crippen LogP contribution is 2.40. The smallest absolute Gasteiger partial charge is 0.256 e. The van der Waals surface area contributed by atoms with Gasteiger partial charge in [0.2, 0.25) is 11.8 Å². The highest BCUT2D eigenvalue weighted by molar-refractivity contribution is 5.81. The van der Waals surface area contributed by atoms with Crippen LogP contribution >= 0.6 is 0 Å². The fourth-order valence-corrected chi connectivity index (χ4v) is 5.30. The SMILES string of the molecule is CC1CC1C(=O)N1CCC(c2nc3c(c(=O)[nH]2)CN(C(=O)C2CCOCC2)CC3)CC1. The lowest BCUT2D eigenvalue weighted by Crippen LogP contribution is -2.44. The first kappa shape index (κ1) is 20.7. The molecular weight excluding hydrogens is 396 g/mol. The zero-order valence-electron chi connectivity index (χ0n) is 18.3. The molecule has 0 aromatic carbocycles. The van der Waals surface area contributed by atoms with Gasteiger partial charge in [-0.3, -0.25) is 14.4 Å². The normalized spacial score (nSPS) is 27.1. The molecule has 168 valence electrons. The largest absolute Gasteiger partial charge is 0.381 e. The van der Waals surface area contributed by atoms with E-state index in [4.69, 9.17) is 9.72 Å². The van der Waals surface area contributed by atoms with E-state index in [1.807, 2.05) is 9.80 Å². The van der Waals surface area contributed by atoms with Crippen molar-refractivity contribution in [1.29, 1.82) is 0 Å². The average molecular weight is 429 g/mol. The Hall–Kier alpha value is -2.22. The maximum absolute atomic E-state index is 12.9. The maximum atomic E-state index is 12.9. The lowest BCUT2D eigenvalue weighted by atomic mass is 9.94. The maximum Gasteiger partial charge on any atom is 0.256 e. The number of fused-ring (bicyclic) bond motifs is 1. The summed E-state index contributed by atoms with van der Waals surface area (Å²) < 4.78 is 5.36. The summed E-state index contributed by atoms with van der Waals surface area (Å²) in [5.74, 6) is 2.13. The average Bonchev–Trinajstić information content (AvgIpc) is 3.55. The van der Waals surface area contributed by atoms with Gasteiger partial charge in [0.25, 0.3) is 5.56 Å². The van der Waals surface area contributed by atoms with E-state index in [1.165, 1.54) is 0 Å². The molecule has 1 aromatic rings. The molecule has 4 heterocycles. The van der Waals surface area contributed by atoms with Gasteiger partial charge in [0, 0.05) is 57.0 Å². The number of likely N-dealkylation sites (tertiary alicyclic amines) is 1. The molecule has 31 heavy (non-hydrogen) atoms. The van der Waals surface area contributed by atoms with Crippen molar-refractivity contribution in [1.82, 2.24) is 19.8 Å². The molecule has 2 amide bonds. The number of nitrogens with one attached hydrogen (secondary N) is 1. The van der Waals surface area contributed by atoms with Crippen LogP contribution in [0.5, 0.6) is 0 Å². The second kappa shape index (κ2) is 8.37. The summed E-state index contributed by atoms with van der Waals surface area (Å²) in [5, 5.41) is 0. The van der Waals surface area contributed by atoms with E-state index in [-0.39, 0.29) is 29.2 Å². The number of aromatic nitrogens is 2. The minimum Gasteiger partial charge on any atom is -0.381 e. The van der Waals surface area contributed by atoms with E-state index in [2.05, 4.69) is 11.9 Å². The molecule has 1 saturated carbocycles. The van der Waals surface area contributed by atoms with Gasteiger partial charge in [-0.1, -0.05) is 6.92 Å². The Morgan fingerprint density at radius 2 is 1.74 bits per heavy atom. The third kappa shape index (κ3) is 4.14. The van der Waals surface area contributed by atoms with Crippen molar-refractivity contribution in [2.45, 2.75) is 57.9 Å². The number of aromatic amines is 1. The molecule has 2 unspecified atom stereocenters. The van der Waals surface area contributed by atoms with Gasteiger partial charge in [-0.2, -0.15) is 0 Å². The molecule has 3 aliphatic heterocycles. The van der Waals surface area contributed by atoms with E-state index in [9.17, 15) is 14.4 Å². The van der Waals surface area contributed by atoms with Crippen LogP contribution in [-0.2, 0) is 27.3 Å². The quantitative estimate of drug-likeness (QED) is 0.786. The molecule has 1 aromatic heterocycles. The van der Waals surface area contributed by atoms with Crippen molar-refractivity contribution in [2.24, 2.45) is 17.8 Å². The molecule has 8 heteroatoms. The second-order valence-electron chi connectivity index (χ2n) is 9.69. The molecule has 5 rings (SSSR count). The van der Waals surface area contributed by atoms with Crippen LogP contribution in [-0.4, -0.2) is 64.4 Å². The van der Waals surface area contributed by atoms with Gasteiger partial charge in [0.05, 0.1) is 17.8 Å². The number of rotatable bonds is 3. The lowest BCUT2D eigenvalue weighted by Gasteiger charge is -2.34. The third-order valence-electron chi connectivity index (χ3n) is 7.59. The van der Waals surface area contributed by atoms with Crippen molar-refractivity contribution in [3.8, 4) is 0 Å². The van der Waals surface area contributed by atoms with Gasteiger partial charge >= 0.3 is 0 Å². The molecule has 4 aliphatic rings. The molecular formula is C23H32N4O4. The lowest BCUT2D eigenvalue weighted by molar-refractivity contribution is -0.139. The van der Waals surface area contributed by atoms with Gasteiger partial charge in [-0.05, 0) is 38.0 Å². The first-order valence-corrected chi connectivity index (χ1v) is 11.8. The van der Waals surface area contributed by atoms with Crippen LogP contribution in [0.2, 0.25) is 0 Å². The summed E-state index contributed by atoms with van der Waals surface area (Å²) in [6.07, 6.45) is 4.84. The molecule has 1 N–H and O–H groups in total. The van der Waals surface area contributed by atoms with Crippen LogP contribution in [0.4, 0.5) is 0 Å². The molecule has 2 atom stereocenters. The standard InChI is InChI=1S/C23H32N4O4/c1-14-12-17(14)23(30)26-7-2-15(3-8-26)20-24-19-4-9-27(13-18(19)21(28)25-20)22(29)16-5-10-31-11-6-16/h14-17H,2-13H2,1H3,(H,24,25,28). The topological polar surface area (TPSA) is 95.6 Å². The van der Waals surface area contributed by atoms with Crippen LogP contribution in [0.1, 0.15) is 62.0 Å². The molecule has 8 nitrogen and oxygen atoms in total. The summed E-state index contributed by atoms with van der Waals surface area (Å²) in [6.45, 7) is 5.84. The van der Waals surface area contributed by atoms with Crippen molar-refractivity contribution in [3.05, 3.63) is 27.4 Å². The fraction of sp³-hybridized carbons (Fsp3) is 0.739. The predicted molar refractivity (Wildman–Crippen MR) is 113 cm³/mol. The number of amides is 2. The second-order valence-corrected chi connectivity index (χ2v) is 9.69. The van der Waals surface area contributed by atoms with E-state index in [1.54, 1.807) is 0 Å². The number of nitrogens with zero attached hydrogens (tertiary/aromatic N) is 3. The van der Waals surface area contributed by atoms with Gasteiger partial charge in [-0.25, -0.2) is 4.98 Å². The zero-order valence-corrected chi connectivity index (χ0v) is 18.3. The minimum absolute atomic E-state index is 0.00753. The Morgan fingerprint density at radius 1 is 1.03 bits per heavy atom. The highest BCUT2D eigenvalue weighted by atomic mass is 16.5. The molecule has 0 radical (unpaired) electrons. The first-order valence-electron chi connectivity index (χ1n) is 11.8. The Kier molecular flexibility index (Phi) is 5.58. The van der Waals surface area contributed by atoms with E-state index in [0.29, 0.717) is 50.1 Å². The number of ether oxygens (including phenoxy) is 1. The summed E-state index contributed by atoms with van der Waals surface area (Å²) >= 11 is 0. The zero-order chi connectivity index (χ0) is 21.5. The van der Waals surface area contributed by atoms with Crippen LogP contribution < -0.4 is 5.56 Å². The number of piperidine rings is 1. The Balaban J connectivity index is 1.23. The summed E-state index contributed by atoms with van der Waals surface area (Å²) in [7, 11) is 0. The molecule has 0 spiro atoms. The number of H-pyrrole nitrogens is 1. The van der Waals surface area contributed by atoms with Gasteiger partial charge < -0.3 is 19.5 Å². The van der Waals surface area contributed by atoms with Crippen molar-refractivity contribution in [2.75, 3.05) is 32.8 Å². The van der Waals surface area contributed by atoms with Crippen molar-refractivity contribution < 1.29 is 14.3 Å². The van der Waals surface area contributed by atoms with Crippen molar-refractivity contribution >= 4 is 11.8 Å². The van der Waals surface area contributed by atoms with E-state index < -0.39 is 0 Å². The highest BCUT2D eigenvalue weighted by Gasteiger charge is 2.42. The van der Waals surface area contributed by atoms with Gasteiger partial charge in [-0.15, -0.1) is 0 Å². The fourth-order valence-electron chi connectivity index (χ4n) is 5.30. The van der Waals surface area contributed by atoms with Gasteiger partial charge in [0.15, 0.2) is 0 Å². The third-order valence-corrected chi connectivity index (χ3v) is 7.59. The van der Waals surface area contributed by atoms with Crippen molar-refractivity contribution in [3.63, 3.8) is 0 Å². The van der Waals surface area contributed by atoms with E-state index in [0.717, 1.165) is 56.7 Å². The van der Waals surface area contributed by atoms with Crippen LogP contribution in [0.3, 0.4) is 0 Å². The molecule has 0 bridgehead atoms. The molecule has 3 fully saturated rings. The van der Waals surface area contributed by atoms with Crippen LogP contribution in [0.25, 0.3) is 0 Å². The monoisotopic (exact) mass is 428 g/mol. The Labute approximate surface area is 182 Å². The summed E-state index contributed by atoms with van der Waals surface area (Å²) in [5.41, 5.74) is 1.35. The number of carbonyl (C=O) groups excluding carboxylic acids is 2.